The van der Waals surface area contributed by atoms with Crippen LogP contribution in [0.25, 0.3) is 0 Å². The van der Waals surface area contributed by atoms with Gasteiger partial charge < -0.3 is 24.4 Å². The Morgan fingerprint density at radius 1 is 0.812 bits per heavy atom. The van der Waals surface area contributed by atoms with E-state index in [1.165, 1.54) is 0 Å². The number of hydrogen-bond donors (Lipinski definition) is 0. The number of methoxy groups -OCH3 is 3. The summed E-state index contributed by atoms with van der Waals surface area (Å²) in [5.41, 5.74) is 0. The minimum atomic E-state index is 0. The second-order valence-electron chi connectivity index (χ2n) is 2.38. The van der Waals surface area contributed by atoms with Crippen molar-refractivity contribution in [2.24, 2.45) is 0 Å². The van der Waals surface area contributed by atoms with Gasteiger partial charge in [0, 0.05) is 21.3 Å². The van der Waals surface area contributed by atoms with E-state index in [0.717, 1.165) is 0 Å². The van der Waals surface area contributed by atoms with Crippen LogP contribution in [0, 0.1) is 0 Å². The third-order valence-corrected chi connectivity index (χ3v) is 1.42. The van der Waals surface area contributed by atoms with Crippen molar-refractivity contribution in [2.45, 2.75) is 28.4 Å². The first kappa shape index (κ1) is 29.7. The van der Waals surface area contributed by atoms with Gasteiger partial charge in [-0.15, -0.1) is 0 Å². The van der Waals surface area contributed by atoms with Crippen LogP contribution in [-0.2, 0) is 18.9 Å². The number of hydrogen-bond acceptors (Lipinski definition) is 4. The molecule has 0 rings (SSSR count). The maximum atomic E-state index is 5.25. The van der Waals surface area contributed by atoms with Crippen LogP contribution in [-0.4, -0.2) is 59.3 Å². The summed E-state index contributed by atoms with van der Waals surface area (Å²) in [7, 11) is 4.93. The highest BCUT2D eigenvalue weighted by molar-refractivity contribution is 4.52. The zero-order valence-corrected chi connectivity index (χ0v) is 8.54. The lowest BCUT2D eigenvalue weighted by Gasteiger charge is -2.13. The largest absolute Gasteiger partial charge is 0.412 e. The van der Waals surface area contributed by atoms with Crippen LogP contribution in [0.4, 0.5) is 0 Å². The van der Waals surface area contributed by atoms with E-state index in [9.17, 15) is 0 Å². The van der Waals surface area contributed by atoms with Gasteiger partial charge >= 0.3 is 0 Å². The molecule has 5 nitrogen and oxygen atoms in total. The molecule has 0 aromatic carbocycles. The highest BCUT2D eigenvalue weighted by Crippen LogP contribution is 1.91. The molecule has 0 heterocycles. The first-order valence-electron chi connectivity index (χ1n) is 3.93. The smallest absolute Gasteiger partial charge is 0.104 e. The van der Waals surface area contributed by atoms with Crippen LogP contribution >= 0.6 is 0 Å². The molecule has 0 saturated carbocycles. The van der Waals surface area contributed by atoms with E-state index in [0.29, 0.717) is 26.4 Å². The van der Waals surface area contributed by atoms with Gasteiger partial charge in [0.05, 0.1) is 26.4 Å². The van der Waals surface area contributed by atoms with Gasteiger partial charge in [0.2, 0.25) is 0 Å². The van der Waals surface area contributed by atoms with Crippen LogP contribution in [0.5, 0.6) is 0 Å². The lowest BCUT2D eigenvalue weighted by molar-refractivity contribution is -0.0386. The van der Waals surface area contributed by atoms with Gasteiger partial charge in [0.25, 0.3) is 0 Å². The lowest BCUT2D eigenvalue weighted by Crippen LogP contribution is -2.24. The topological polar surface area (TPSA) is 68.4 Å². The SMILES string of the molecule is C.C.C.COCCOCC(COC)OC.O. The Labute approximate surface area is 101 Å². The van der Waals surface area contributed by atoms with Gasteiger partial charge in [-0.3, -0.25) is 0 Å². The van der Waals surface area contributed by atoms with Crippen molar-refractivity contribution in [1.82, 2.24) is 0 Å². The van der Waals surface area contributed by atoms with Gasteiger partial charge in [0.1, 0.15) is 6.10 Å². The monoisotopic (exact) mass is 244 g/mol. The molecule has 0 aliphatic rings. The molecule has 0 spiro atoms. The normalized spacial score (nSPS) is 9.94. The Hall–Kier alpha value is -0.200. The predicted octanol–water partition coefficient (Wildman–Crippen LogP) is 1.39. The second kappa shape index (κ2) is 24.2. The fourth-order valence-electron chi connectivity index (χ4n) is 0.727. The highest BCUT2D eigenvalue weighted by atomic mass is 16.6. The molecule has 0 amide bonds. The molecule has 0 aromatic rings. The quantitative estimate of drug-likeness (QED) is 0.605. The summed E-state index contributed by atoms with van der Waals surface area (Å²) in [4.78, 5) is 0. The summed E-state index contributed by atoms with van der Waals surface area (Å²) in [6, 6.07) is 0. The maximum absolute atomic E-state index is 5.25. The minimum Gasteiger partial charge on any atom is -0.412 e. The molecule has 0 fully saturated rings. The van der Waals surface area contributed by atoms with E-state index in [1.807, 2.05) is 0 Å². The van der Waals surface area contributed by atoms with Gasteiger partial charge in [0.15, 0.2) is 0 Å². The molecule has 106 valence electrons. The maximum Gasteiger partial charge on any atom is 0.104 e. The molecule has 1 atom stereocenters. The highest BCUT2D eigenvalue weighted by Gasteiger charge is 2.05. The summed E-state index contributed by atoms with van der Waals surface area (Å²) >= 11 is 0. The Kier molecular flexibility index (Phi) is 44.8. The summed E-state index contributed by atoms with van der Waals surface area (Å²) in [5, 5.41) is 0. The van der Waals surface area contributed by atoms with E-state index < -0.39 is 0 Å². The van der Waals surface area contributed by atoms with Crippen molar-refractivity contribution in [1.29, 1.82) is 0 Å². The fraction of sp³-hybridized carbons (Fsp3) is 1.00. The summed E-state index contributed by atoms with van der Waals surface area (Å²) in [6.07, 6.45) is 0.0202. The van der Waals surface area contributed by atoms with E-state index in [4.69, 9.17) is 18.9 Å². The summed E-state index contributed by atoms with van der Waals surface area (Å²) < 4.78 is 20.1. The molecule has 0 aromatic heterocycles. The molecule has 2 N–H and O–H groups in total. The number of ether oxygens (including phenoxy) is 4. The van der Waals surface area contributed by atoms with Crippen LogP contribution in [0.15, 0.2) is 0 Å². The summed E-state index contributed by atoms with van der Waals surface area (Å²) in [5.74, 6) is 0. The molecule has 0 aliphatic carbocycles. The van der Waals surface area contributed by atoms with Crippen LogP contribution in [0.2, 0.25) is 0 Å². The predicted molar refractivity (Wildman–Crippen MR) is 69.2 cm³/mol. The van der Waals surface area contributed by atoms with Crippen molar-refractivity contribution in [3.05, 3.63) is 0 Å². The van der Waals surface area contributed by atoms with Gasteiger partial charge in [-0.1, -0.05) is 22.3 Å². The van der Waals surface area contributed by atoms with Gasteiger partial charge in [-0.2, -0.15) is 0 Å². The average molecular weight is 244 g/mol. The number of rotatable bonds is 8. The van der Waals surface area contributed by atoms with Gasteiger partial charge in [-0.05, 0) is 0 Å². The van der Waals surface area contributed by atoms with Crippen molar-refractivity contribution in [2.75, 3.05) is 47.8 Å². The van der Waals surface area contributed by atoms with E-state index in [2.05, 4.69) is 0 Å². The second-order valence-corrected chi connectivity index (χ2v) is 2.38. The van der Waals surface area contributed by atoms with Crippen molar-refractivity contribution in [3.63, 3.8) is 0 Å². The van der Waals surface area contributed by atoms with Crippen LogP contribution in [0.1, 0.15) is 22.3 Å². The molecule has 5 heteroatoms. The molecule has 0 aliphatic heterocycles. The third-order valence-electron chi connectivity index (χ3n) is 1.42. The van der Waals surface area contributed by atoms with Gasteiger partial charge in [-0.25, -0.2) is 0 Å². The molecular weight excluding hydrogens is 212 g/mol. The molecule has 0 saturated heterocycles. The average Bonchev–Trinajstić information content (AvgIpc) is 2.10. The first-order valence-corrected chi connectivity index (χ1v) is 3.93. The van der Waals surface area contributed by atoms with E-state index in [-0.39, 0.29) is 33.9 Å². The zero-order valence-electron chi connectivity index (χ0n) is 8.54. The molecule has 0 bridgehead atoms. The standard InChI is InChI=1S/C8H18O4.3CH4.H2O/c1-9-4-5-12-7-8(11-3)6-10-2;;;;/h8H,4-7H2,1-3H3;3*1H4;1H2. The molecule has 1 unspecified atom stereocenters. The van der Waals surface area contributed by atoms with E-state index in [1.54, 1.807) is 21.3 Å². The first-order chi connectivity index (χ1) is 5.85. The Bertz CT molecular complexity index is 90.4. The van der Waals surface area contributed by atoms with E-state index >= 15 is 0 Å². The van der Waals surface area contributed by atoms with Crippen molar-refractivity contribution < 1.29 is 24.4 Å². The Balaban J connectivity index is -0.000000101. The van der Waals surface area contributed by atoms with Crippen molar-refractivity contribution in [3.8, 4) is 0 Å². The van der Waals surface area contributed by atoms with Crippen molar-refractivity contribution >= 4 is 0 Å². The van der Waals surface area contributed by atoms with Crippen LogP contribution in [0.3, 0.4) is 0 Å². The molecular formula is C11H32O5. The Morgan fingerprint density at radius 3 is 1.75 bits per heavy atom. The third kappa shape index (κ3) is 19.4. The summed E-state index contributed by atoms with van der Waals surface area (Å²) in [6.45, 7) is 2.32. The minimum absolute atomic E-state index is 0. The van der Waals surface area contributed by atoms with Crippen LogP contribution < -0.4 is 0 Å². The zero-order chi connectivity index (χ0) is 9.23. The molecule has 0 radical (unpaired) electrons. The lowest BCUT2D eigenvalue weighted by atomic mass is 10.4. The fourth-order valence-corrected chi connectivity index (χ4v) is 0.727. The molecule has 16 heavy (non-hydrogen) atoms. The Morgan fingerprint density at radius 2 is 1.38 bits per heavy atom.